The van der Waals surface area contributed by atoms with E-state index in [2.05, 4.69) is 11.9 Å². The largest absolute Gasteiger partial charge is 0.294 e. The Morgan fingerprint density at radius 3 is 2.24 bits per heavy atom. The van der Waals surface area contributed by atoms with Gasteiger partial charge in [0.15, 0.2) is 5.78 Å². The van der Waals surface area contributed by atoms with Gasteiger partial charge < -0.3 is 0 Å². The molecule has 0 unspecified atom stereocenters. The predicted octanol–water partition coefficient (Wildman–Crippen LogP) is 4.41. The van der Waals surface area contributed by atoms with Gasteiger partial charge in [-0.3, -0.25) is 9.78 Å². The average Bonchev–Trinajstić information content (AvgIpc) is 2.38. The summed E-state index contributed by atoms with van der Waals surface area (Å²) in [5.74, 6) is 0.251. The van der Waals surface area contributed by atoms with E-state index in [1.807, 2.05) is 0 Å². The molecule has 0 radical (unpaired) electrons. The Hall–Kier alpha value is -1.18. The molecule has 94 valence electrons. The van der Waals surface area contributed by atoms with Gasteiger partial charge in [-0.15, -0.1) is 0 Å². The molecule has 0 aliphatic heterocycles. The van der Waals surface area contributed by atoms with Crippen LogP contribution in [-0.2, 0) is 0 Å². The number of rotatable bonds is 9. The molecule has 1 aromatic heterocycles. The third-order valence-corrected chi connectivity index (χ3v) is 3.01. The van der Waals surface area contributed by atoms with Crippen molar-refractivity contribution in [2.75, 3.05) is 0 Å². The first kappa shape index (κ1) is 13.9. The van der Waals surface area contributed by atoms with E-state index in [4.69, 9.17) is 0 Å². The van der Waals surface area contributed by atoms with Crippen LogP contribution in [0.15, 0.2) is 24.5 Å². The van der Waals surface area contributed by atoms with Crippen LogP contribution in [0.3, 0.4) is 0 Å². The summed E-state index contributed by atoms with van der Waals surface area (Å²) in [7, 11) is 0. The molecule has 0 fully saturated rings. The summed E-state index contributed by atoms with van der Waals surface area (Å²) in [5, 5.41) is 0. The fourth-order valence-corrected chi connectivity index (χ4v) is 1.92. The molecule has 0 aromatic carbocycles. The highest BCUT2D eigenvalue weighted by atomic mass is 16.1. The third kappa shape index (κ3) is 6.20. The van der Waals surface area contributed by atoms with Crippen molar-refractivity contribution in [1.82, 2.24) is 4.98 Å². The van der Waals surface area contributed by atoms with Gasteiger partial charge in [-0.25, -0.2) is 0 Å². The summed E-state index contributed by atoms with van der Waals surface area (Å²) in [5.41, 5.74) is 0.797. The molecule has 0 amide bonds. The molecule has 0 saturated heterocycles. The lowest BCUT2D eigenvalue weighted by Crippen LogP contribution is -1.98. The van der Waals surface area contributed by atoms with E-state index >= 15 is 0 Å². The SMILES string of the molecule is CCCCCCCCCC(=O)c1ccncc1. The second-order valence-corrected chi connectivity index (χ2v) is 4.53. The minimum Gasteiger partial charge on any atom is -0.294 e. The van der Waals surface area contributed by atoms with E-state index in [-0.39, 0.29) is 5.78 Å². The summed E-state index contributed by atoms with van der Waals surface area (Å²) < 4.78 is 0. The van der Waals surface area contributed by atoms with Crippen molar-refractivity contribution in [3.8, 4) is 0 Å². The molecule has 0 spiro atoms. The molecule has 0 aliphatic rings. The first-order valence-corrected chi connectivity index (χ1v) is 6.78. The molecule has 17 heavy (non-hydrogen) atoms. The van der Waals surface area contributed by atoms with Crippen molar-refractivity contribution in [3.05, 3.63) is 30.1 Å². The first-order valence-electron chi connectivity index (χ1n) is 6.78. The quantitative estimate of drug-likeness (QED) is 0.467. The lowest BCUT2D eigenvalue weighted by atomic mass is 10.0. The van der Waals surface area contributed by atoms with Gasteiger partial charge in [0.25, 0.3) is 0 Å². The average molecular weight is 233 g/mol. The Kier molecular flexibility index (Phi) is 7.28. The fraction of sp³-hybridized carbons (Fsp3) is 0.600. The molecule has 1 rings (SSSR count). The molecular weight excluding hydrogens is 210 g/mol. The van der Waals surface area contributed by atoms with Crippen LogP contribution in [-0.4, -0.2) is 10.8 Å². The maximum absolute atomic E-state index is 11.8. The highest BCUT2D eigenvalue weighted by Crippen LogP contribution is 2.10. The zero-order valence-electron chi connectivity index (χ0n) is 10.8. The van der Waals surface area contributed by atoms with Crippen LogP contribution in [0, 0.1) is 0 Å². The summed E-state index contributed by atoms with van der Waals surface area (Å²) in [6.45, 7) is 2.23. The summed E-state index contributed by atoms with van der Waals surface area (Å²) in [6.07, 6.45) is 12.8. The smallest absolute Gasteiger partial charge is 0.162 e. The lowest BCUT2D eigenvalue weighted by molar-refractivity contribution is 0.0979. The standard InChI is InChI=1S/C15H23NO/c1-2-3-4-5-6-7-8-9-15(17)14-10-12-16-13-11-14/h10-13H,2-9H2,1H3. The maximum atomic E-state index is 11.8. The van der Waals surface area contributed by atoms with E-state index in [1.54, 1.807) is 24.5 Å². The number of Topliss-reactive ketones (excluding diaryl/α,β-unsaturated/α-hetero) is 1. The zero-order chi connectivity index (χ0) is 12.3. The lowest BCUT2D eigenvalue weighted by Gasteiger charge is -2.01. The number of unbranched alkanes of at least 4 members (excludes halogenated alkanes) is 6. The Bertz CT molecular complexity index is 308. The molecule has 0 N–H and O–H groups in total. The van der Waals surface area contributed by atoms with Crippen molar-refractivity contribution in [2.45, 2.75) is 58.3 Å². The molecule has 2 nitrogen and oxygen atoms in total. The third-order valence-electron chi connectivity index (χ3n) is 3.01. The van der Waals surface area contributed by atoms with E-state index in [9.17, 15) is 4.79 Å². The monoisotopic (exact) mass is 233 g/mol. The topological polar surface area (TPSA) is 30.0 Å². The minimum atomic E-state index is 0.251. The second-order valence-electron chi connectivity index (χ2n) is 4.53. The van der Waals surface area contributed by atoms with Gasteiger partial charge in [0.1, 0.15) is 0 Å². The molecule has 0 atom stereocenters. The van der Waals surface area contributed by atoms with Crippen molar-refractivity contribution in [3.63, 3.8) is 0 Å². The minimum absolute atomic E-state index is 0.251. The van der Waals surface area contributed by atoms with Crippen molar-refractivity contribution in [1.29, 1.82) is 0 Å². The van der Waals surface area contributed by atoms with Gasteiger partial charge >= 0.3 is 0 Å². The molecule has 0 bridgehead atoms. The number of carbonyl (C=O) groups is 1. The van der Waals surface area contributed by atoms with E-state index in [0.29, 0.717) is 6.42 Å². The van der Waals surface area contributed by atoms with Crippen LogP contribution in [0.5, 0.6) is 0 Å². The molecule has 1 heterocycles. The number of aromatic nitrogens is 1. The normalized spacial score (nSPS) is 10.4. The molecule has 1 aromatic rings. The zero-order valence-corrected chi connectivity index (χ0v) is 10.8. The number of hydrogen-bond donors (Lipinski definition) is 0. The van der Waals surface area contributed by atoms with Crippen LogP contribution in [0.2, 0.25) is 0 Å². The van der Waals surface area contributed by atoms with Crippen LogP contribution in [0.1, 0.15) is 68.6 Å². The van der Waals surface area contributed by atoms with E-state index in [0.717, 1.165) is 12.0 Å². The molecular formula is C15H23NO. The van der Waals surface area contributed by atoms with Gasteiger partial charge in [-0.2, -0.15) is 0 Å². The molecule has 0 saturated carbocycles. The van der Waals surface area contributed by atoms with Crippen molar-refractivity contribution in [2.24, 2.45) is 0 Å². The Morgan fingerprint density at radius 2 is 1.59 bits per heavy atom. The first-order chi connectivity index (χ1) is 8.34. The van der Waals surface area contributed by atoms with Crippen LogP contribution in [0.4, 0.5) is 0 Å². The fourth-order valence-electron chi connectivity index (χ4n) is 1.92. The summed E-state index contributed by atoms with van der Waals surface area (Å²) >= 11 is 0. The van der Waals surface area contributed by atoms with Crippen molar-refractivity contribution >= 4 is 5.78 Å². The summed E-state index contributed by atoms with van der Waals surface area (Å²) in [6, 6.07) is 3.59. The highest BCUT2D eigenvalue weighted by molar-refractivity contribution is 5.95. The van der Waals surface area contributed by atoms with Gasteiger partial charge in [-0.05, 0) is 18.6 Å². The Morgan fingerprint density at radius 1 is 1.00 bits per heavy atom. The van der Waals surface area contributed by atoms with Gasteiger partial charge in [-0.1, -0.05) is 45.4 Å². The number of pyridine rings is 1. The van der Waals surface area contributed by atoms with Gasteiger partial charge in [0, 0.05) is 24.4 Å². The van der Waals surface area contributed by atoms with Crippen LogP contribution >= 0.6 is 0 Å². The Balaban J connectivity index is 2.05. The second kappa shape index (κ2) is 8.91. The predicted molar refractivity (Wildman–Crippen MR) is 71.2 cm³/mol. The molecule has 2 heteroatoms. The van der Waals surface area contributed by atoms with Crippen LogP contribution in [0.25, 0.3) is 0 Å². The van der Waals surface area contributed by atoms with E-state index < -0.39 is 0 Å². The van der Waals surface area contributed by atoms with Gasteiger partial charge in [0.2, 0.25) is 0 Å². The Labute approximate surface area is 104 Å². The number of nitrogens with zero attached hydrogens (tertiary/aromatic N) is 1. The maximum Gasteiger partial charge on any atom is 0.162 e. The van der Waals surface area contributed by atoms with Gasteiger partial charge in [0.05, 0.1) is 0 Å². The summed E-state index contributed by atoms with van der Waals surface area (Å²) in [4.78, 5) is 15.7. The number of carbonyl (C=O) groups excluding carboxylic acids is 1. The number of ketones is 1. The molecule has 0 aliphatic carbocycles. The highest BCUT2D eigenvalue weighted by Gasteiger charge is 2.04. The van der Waals surface area contributed by atoms with Crippen molar-refractivity contribution < 1.29 is 4.79 Å². The van der Waals surface area contributed by atoms with E-state index in [1.165, 1.54) is 38.5 Å². The van der Waals surface area contributed by atoms with Crippen LogP contribution < -0.4 is 0 Å². The number of hydrogen-bond acceptors (Lipinski definition) is 2.